The van der Waals surface area contributed by atoms with Crippen molar-refractivity contribution in [3.05, 3.63) is 27.7 Å². The zero-order chi connectivity index (χ0) is 15.2. The van der Waals surface area contributed by atoms with Crippen LogP contribution in [0.4, 0.5) is 0 Å². The van der Waals surface area contributed by atoms with Gasteiger partial charge < -0.3 is 15.0 Å². The van der Waals surface area contributed by atoms with Gasteiger partial charge in [-0.15, -0.1) is 0 Å². The molecule has 0 fully saturated rings. The molecule has 0 radical (unpaired) electrons. The second-order valence-corrected chi connectivity index (χ2v) is 6.57. The molecule has 0 bridgehead atoms. The normalized spacial score (nSPS) is 15.1. The van der Waals surface area contributed by atoms with Crippen LogP contribution in [0.15, 0.2) is 16.6 Å². The van der Waals surface area contributed by atoms with Crippen LogP contribution in [0.25, 0.3) is 0 Å². The summed E-state index contributed by atoms with van der Waals surface area (Å²) < 4.78 is 7.01. The number of rotatable bonds is 8. The molecule has 0 saturated heterocycles. The third-order valence-electron chi connectivity index (χ3n) is 4.39. The van der Waals surface area contributed by atoms with E-state index >= 15 is 0 Å². The molecule has 0 amide bonds. The number of nitrogens with one attached hydrogen (secondary N) is 1. The molecule has 1 heterocycles. The first-order valence-electron chi connectivity index (χ1n) is 8.01. The van der Waals surface area contributed by atoms with Crippen LogP contribution in [0.1, 0.15) is 31.4 Å². The van der Waals surface area contributed by atoms with Crippen molar-refractivity contribution >= 4 is 15.9 Å². The third-order valence-corrected chi connectivity index (χ3v) is 4.85. The van der Waals surface area contributed by atoms with Crippen LogP contribution in [0.5, 0.6) is 5.75 Å². The third kappa shape index (κ3) is 4.44. The van der Waals surface area contributed by atoms with Crippen molar-refractivity contribution in [2.24, 2.45) is 0 Å². The van der Waals surface area contributed by atoms with E-state index < -0.39 is 0 Å². The molecule has 21 heavy (non-hydrogen) atoms. The molecule has 1 aromatic carbocycles. The monoisotopic (exact) mass is 354 g/mol. The molecule has 1 aliphatic rings. The van der Waals surface area contributed by atoms with Crippen LogP contribution in [0, 0.1) is 0 Å². The number of hydrogen-bond acceptors (Lipinski definition) is 3. The van der Waals surface area contributed by atoms with Gasteiger partial charge >= 0.3 is 0 Å². The number of likely N-dealkylation sites (N-methyl/N-ethyl adjacent to an activating group) is 1. The number of hydrogen-bond donors (Lipinski definition) is 1. The summed E-state index contributed by atoms with van der Waals surface area (Å²) in [5, 5.41) is 3.47. The van der Waals surface area contributed by atoms with E-state index in [1.54, 1.807) is 0 Å². The van der Waals surface area contributed by atoms with Gasteiger partial charge in [-0.25, -0.2) is 0 Å². The Kier molecular flexibility index (Phi) is 6.52. The largest absolute Gasteiger partial charge is 0.493 e. The highest BCUT2D eigenvalue weighted by Gasteiger charge is 2.20. The van der Waals surface area contributed by atoms with Gasteiger partial charge in [0.1, 0.15) is 5.75 Å². The predicted molar refractivity (Wildman–Crippen MR) is 92.3 cm³/mol. The van der Waals surface area contributed by atoms with E-state index in [2.05, 4.69) is 59.2 Å². The summed E-state index contributed by atoms with van der Waals surface area (Å²) in [5.74, 6) is 1.13. The minimum absolute atomic E-state index is 0.494. The molecule has 0 spiro atoms. The van der Waals surface area contributed by atoms with Crippen LogP contribution < -0.4 is 10.1 Å². The molecule has 1 aliphatic heterocycles. The van der Waals surface area contributed by atoms with Crippen molar-refractivity contribution in [1.29, 1.82) is 0 Å². The lowest BCUT2D eigenvalue weighted by molar-refractivity contribution is 0.282. The first-order chi connectivity index (χ1) is 10.2. The molecule has 0 aliphatic carbocycles. The van der Waals surface area contributed by atoms with Crippen LogP contribution >= 0.6 is 15.9 Å². The topological polar surface area (TPSA) is 24.5 Å². The van der Waals surface area contributed by atoms with Crippen molar-refractivity contribution in [1.82, 2.24) is 10.2 Å². The lowest BCUT2D eigenvalue weighted by Crippen LogP contribution is -2.34. The Morgan fingerprint density at radius 2 is 2.10 bits per heavy atom. The minimum Gasteiger partial charge on any atom is -0.493 e. The minimum atomic E-state index is 0.494. The maximum atomic E-state index is 5.84. The van der Waals surface area contributed by atoms with Gasteiger partial charge in [-0.3, -0.25) is 0 Å². The number of benzene rings is 1. The van der Waals surface area contributed by atoms with E-state index in [-0.39, 0.29) is 0 Å². The SMILES string of the molecule is CCN(CC)CCC(Cc1cc(Br)cc2c1OCC2)NC. The average Bonchev–Trinajstić information content (AvgIpc) is 2.95. The lowest BCUT2D eigenvalue weighted by atomic mass is 9.99. The highest BCUT2D eigenvalue weighted by molar-refractivity contribution is 9.10. The lowest BCUT2D eigenvalue weighted by Gasteiger charge is -2.23. The van der Waals surface area contributed by atoms with Gasteiger partial charge in [0.25, 0.3) is 0 Å². The molecule has 2 rings (SSSR count). The molecule has 1 N–H and O–H groups in total. The zero-order valence-electron chi connectivity index (χ0n) is 13.4. The van der Waals surface area contributed by atoms with E-state index in [1.165, 1.54) is 22.0 Å². The van der Waals surface area contributed by atoms with Crippen molar-refractivity contribution in [2.75, 3.05) is 33.3 Å². The van der Waals surface area contributed by atoms with Gasteiger partial charge in [0.2, 0.25) is 0 Å². The van der Waals surface area contributed by atoms with Crippen molar-refractivity contribution in [3.8, 4) is 5.75 Å². The zero-order valence-corrected chi connectivity index (χ0v) is 15.0. The highest BCUT2D eigenvalue weighted by Crippen LogP contribution is 2.33. The van der Waals surface area contributed by atoms with E-state index in [9.17, 15) is 0 Å². The fraction of sp³-hybridized carbons (Fsp3) is 0.647. The molecule has 4 heteroatoms. The summed E-state index contributed by atoms with van der Waals surface area (Å²) in [7, 11) is 2.06. The number of fused-ring (bicyclic) bond motifs is 1. The summed E-state index contributed by atoms with van der Waals surface area (Å²) >= 11 is 3.63. The fourth-order valence-electron chi connectivity index (χ4n) is 2.99. The first kappa shape index (κ1) is 16.8. The maximum Gasteiger partial charge on any atom is 0.125 e. The molecular formula is C17H27BrN2O. The van der Waals surface area contributed by atoms with E-state index in [0.29, 0.717) is 6.04 Å². The second kappa shape index (κ2) is 8.16. The first-order valence-corrected chi connectivity index (χ1v) is 8.80. The van der Waals surface area contributed by atoms with E-state index in [0.717, 1.165) is 44.8 Å². The molecule has 1 aromatic rings. The molecule has 118 valence electrons. The Labute approximate surface area is 137 Å². The van der Waals surface area contributed by atoms with Crippen LogP contribution in [-0.4, -0.2) is 44.2 Å². The van der Waals surface area contributed by atoms with E-state index in [1.807, 2.05) is 0 Å². The Morgan fingerprint density at radius 3 is 2.76 bits per heavy atom. The van der Waals surface area contributed by atoms with Crippen molar-refractivity contribution in [2.45, 2.75) is 39.2 Å². The van der Waals surface area contributed by atoms with Gasteiger partial charge in [-0.1, -0.05) is 29.8 Å². The molecule has 3 nitrogen and oxygen atoms in total. The van der Waals surface area contributed by atoms with Gasteiger partial charge in [-0.2, -0.15) is 0 Å². The maximum absolute atomic E-state index is 5.84. The summed E-state index contributed by atoms with van der Waals surface area (Å²) in [4.78, 5) is 2.48. The van der Waals surface area contributed by atoms with Gasteiger partial charge in [0.05, 0.1) is 6.61 Å². The quantitative estimate of drug-likeness (QED) is 0.775. The molecule has 0 saturated carbocycles. The molecular weight excluding hydrogens is 328 g/mol. The molecule has 1 atom stereocenters. The summed E-state index contributed by atoms with van der Waals surface area (Å²) in [6.45, 7) is 8.68. The highest BCUT2D eigenvalue weighted by atomic mass is 79.9. The smallest absolute Gasteiger partial charge is 0.125 e. The summed E-state index contributed by atoms with van der Waals surface area (Å²) in [6, 6.07) is 4.90. The standard InChI is InChI=1S/C17H27BrN2O/c1-4-20(5-2)8-6-16(19-3)12-14-11-15(18)10-13-7-9-21-17(13)14/h10-11,16,19H,4-9,12H2,1-3H3. The average molecular weight is 355 g/mol. The van der Waals surface area contributed by atoms with Gasteiger partial charge in [-0.05, 0) is 62.8 Å². The van der Waals surface area contributed by atoms with Crippen LogP contribution in [0.2, 0.25) is 0 Å². The number of ether oxygens (including phenoxy) is 1. The predicted octanol–water partition coefficient (Wildman–Crippen LogP) is 3.25. The Balaban J connectivity index is 2.02. The van der Waals surface area contributed by atoms with Gasteiger partial charge in [0.15, 0.2) is 0 Å². The summed E-state index contributed by atoms with van der Waals surface area (Å²) in [6.07, 6.45) is 3.23. The van der Waals surface area contributed by atoms with Crippen LogP contribution in [-0.2, 0) is 12.8 Å². The van der Waals surface area contributed by atoms with Crippen molar-refractivity contribution < 1.29 is 4.74 Å². The second-order valence-electron chi connectivity index (χ2n) is 5.66. The molecule has 1 unspecified atom stereocenters. The Bertz CT molecular complexity index is 460. The fourth-order valence-corrected chi connectivity index (χ4v) is 3.54. The number of nitrogens with zero attached hydrogens (tertiary/aromatic N) is 1. The Morgan fingerprint density at radius 1 is 1.33 bits per heavy atom. The van der Waals surface area contributed by atoms with Gasteiger partial charge in [0, 0.05) is 16.9 Å². The Hall–Kier alpha value is -0.580. The molecule has 0 aromatic heterocycles. The summed E-state index contributed by atoms with van der Waals surface area (Å²) in [5.41, 5.74) is 2.67. The van der Waals surface area contributed by atoms with E-state index in [4.69, 9.17) is 4.74 Å². The van der Waals surface area contributed by atoms with Crippen LogP contribution in [0.3, 0.4) is 0 Å². The van der Waals surface area contributed by atoms with Crippen molar-refractivity contribution in [3.63, 3.8) is 0 Å². The number of halogens is 1.